The number of nitrogens with one attached hydrogen (secondary N) is 1. The van der Waals surface area contributed by atoms with Crippen LogP contribution in [-0.2, 0) is 11.3 Å². The second kappa shape index (κ2) is 8.28. The highest BCUT2D eigenvalue weighted by molar-refractivity contribution is 8.01. The van der Waals surface area contributed by atoms with E-state index in [9.17, 15) is 10.1 Å². The summed E-state index contributed by atoms with van der Waals surface area (Å²) in [5.74, 6) is 1.62. The van der Waals surface area contributed by atoms with Crippen molar-refractivity contribution in [2.45, 2.75) is 31.2 Å². The van der Waals surface area contributed by atoms with Crippen LogP contribution in [0.25, 0.3) is 0 Å². The van der Waals surface area contributed by atoms with Crippen LogP contribution >= 0.6 is 23.1 Å². The maximum Gasteiger partial charge on any atom is 0.226 e. The Balaban J connectivity index is 1.71. The molecule has 1 amide bonds. The number of hydrogen-bond acceptors (Lipinski definition) is 8. The summed E-state index contributed by atoms with van der Waals surface area (Å²) in [5.41, 5.74) is 7.77. The third-order valence-corrected chi connectivity index (χ3v) is 5.96. The van der Waals surface area contributed by atoms with E-state index < -0.39 is 0 Å². The number of carbonyl (C=O) groups excluding carboxylic acids is 1. The van der Waals surface area contributed by atoms with Crippen molar-refractivity contribution in [2.24, 2.45) is 0 Å². The number of nitrogens with zero attached hydrogens (tertiary/aromatic N) is 4. The van der Waals surface area contributed by atoms with Gasteiger partial charge in [0.05, 0.1) is 18.4 Å². The van der Waals surface area contributed by atoms with E-state index in [0.29, 0.717) is 28.8 Å². The molecule has 27 heavy (non-hydrogen) atoms. The summed E-state index contributed by atoms with van der Waals surface area (Å²) in [6, 6.07) is 5.86. The summed E-state index contributed by atoms with van der Waals surface area (Å²) < 4.78 is 8.03. The molecule has 0 saturated carbocycles. The molecule has 3 heterocycles. The van der Waals surface area contributed by atoms with Gasteiger partial charge in [-0.25, -0.2) is 0 Å². The summed E-state index contributed by atoms with van der Waals surface area (Å²) in [6.07, 6.45) is 1.88. The molecular weight excluding hydrogens is 384 g/mol. The van der Waals surface area contributed by atoms with Gasteiger partial charge in [-0.3, -0.25) is 4.79 Å². The Morgan fingerprint density at radius 3 is 2.93 bits per heavy atom. The van der Waals surface area contributed by atoms with Crippen LogP contribution < -0.4 is 11.1 Å². The maximum absolute atomic E-state index is 12.4. The summed E-state index contributed by atoms with van der Waals surface area (Å²) >= 11 is 2.71. The summed E-state index contributed by atoms with van der Waals surface area (Å²) in [5, 5.41) is 20.5. The monoisotopic (exact) mass is 402 g/mol. The molecule has 0 aliphatic heterocycles. The van der Waals surface area contributed by atoms with Gasteiger partial charge < -0.3 is 20.0 Å². The Hall–Kier alpha value is -2.77. The predicted molar refractivity (Wildman–Crippen MR) is 105 cm³/mol. The highest BCUT2D eigenvalue weighted by Crippen LogP contribution is 2.28. The molecular formula is C17H18N6O2S2. The second-order valence-corrected chi connectivity index (χ2v) is 8.12. The number of thioether (sulfide) groups is 1. The van der Waals surface area contributed by atoms with Crippen LogP contribution in [-0.4, -0.2) is 26.4 Å². The second-order valence-electron chi connectivity index (χ2n) is 5.76. The van der Waals surface area contributed by atoms with Crippen molar-refractivity contribution >= 4 is 40.0 Å². The van der Waals surface area contributed by atoms with Crippen molar-refractivity contribution in [2.75, 3.05) is 16.8 Å². The molecule has 8 nitrogen and oxygen atoms in total. The molecule has 0 unspecified atom stereocenters. The number of anilines is 2. The molecule has 3 N–H and O–H groups in total. The van der Waals surface area contributed by atoms with Gasteiger partial charge in [0.15, 0.2) is 4.34 Å². The lowest BCUT2D eigenvalue weighted by Crippen LogP contribution is -2.17. The maximum atomic E-state index is 12.4. The molecule has 0 bridgehead atoms. The van der Waals surface area contributed by atoms with E-state index in [4.69, 9.17) is 10.2 Å². The lowest BCUT2D eigenvalue weighted by Gasteiger charge is -2.11. The fourth-order valence-corrected chi connectivity index (χ4v) is 4.24. The minimum absolute atomic E-state index is 0.172. The van der Waals surface area contributed by atoms with Crippen LogP contribution in [0.2, 0.25) is 0 Å². The van der Waals surface area contributed by atoms with Gasteiger partial charge >= 0.3 is 0 Å². The zero-order valence-electron chi connectivity index (χ0n) is 14.9. The van der Waals surface area contributed by atoms with Gasteiger partial charge in [-0.05, 0) is 31.5 Å². The first-order chi connectivity index (χ1) is 13.0. The van der Waals surface area contributed by atoms with E-state index in [-0.39, 0.29) is 12.3 Å². The molecule has 10 heteroatoms. The molecule has 0 aliphatic rings. The lowest BCUT2D eigenvalue weighted by atomic mass is 10.2. The Morgan fingerprint density at radius 2 is 2.30 bits per heavy atom. The first kappa shape index (κ1) is 19.0. The van der Waals surface area contributed by atoms with Crippen LogP contribution in [0, 0.1) is 25.2 Å². The van der Waals surface area contributed by atoms with E-state index in [2.05, 4.69) is 21.6 Å². The van der Waals surface area contributed by atoms with Crippen LogP contribution in [0.3, 0.4) is 0 Å². The van der Waals surface area contributed by atoms with Gasteiger partial charge in [-0.15, -0.1) is 10.2 Å². The minimum Gasteiger partial charge on any atom is -0.467 e. The molecule has 0 radical (unpaired) electrons. The van der Waals surface area contributed by atoms with Crippen molar-refractivity contribution in [1.82, 2.24) is 14.8 Å². The normalized spacial score (nSPS) is 10.7. The zero-order chi connectivity index (χ0) is 19.4. The van der Waals surface area contributed by atoms with Crippen LogP contribution in [0.15, 0.2) is 27.2 Å². The largest absolute Gasteiger partial charge is 0.467 e. The fraction of sp³-hybridized carbons (Fsp3) is 0.294. The number of rotatable bonds is 7. The molecule has 0 spiro atoms. The summed E-state index contributed by atoms with van der Waals surface area (Å²) in [4.78, 5) is 12.4. The van der Waals surface area contributed by atoms with Gasteiger partial charge in [-0.2, -0.15) is 5.26 Å². The third kappa shape index (κ3) is 4.32. The van der Waals surface area contributed by atoms with Gasteiger partial charge in [-0.1, -0.05) is 23.1 Å². The number of nitriles is 1. The Labute approximate surface area is 164 Å². The van der Waals surface area contributed by atoms with Crippen LogP contribution in [0.4, 0.5) is 10.9 Å². The van der Waals surface area contributed by atoms with Gasteiger partial charge in [0.25, 0.3) is 0 Å². The Bertz CT molecular complexity index is 984. The van der Waals surface area contributed by atoms with Crippen molar-refractivity contribution in [1.29, 1.82) is 5.26 Å². The van der Waals surface area contributed by atoms with E-state index >= 15 is 0 Å². The number of nitrogen functional groups attached to an aromatic ring is 1. The first-order valence-corrected chi connectivity index (χ1v) is 9.93. The van der Waals surface area contributed by atoms with Gasteiger partial charge in [0.2, 0.25) is 11.0 Å². The van der Waals surface area contributed by atoms with E-state index in [1.807, 2.05) is 30.5 Å². The summed E-state index contributed by atoms with van der Waals surface area (Å²) in [7, 11) is 0. The number of amides is 1. The lowest BCUT2D eigenvalue weighted by molar-refractivity contribution is -0.115. The molecule has 140 valence electrons. The van der Waals surface area contributed by atoms with Gasteiger partial charge in [0.1, 0.15) is 17.6 Å². The zero-order valence-corrected chi connectivity index (χ0v) is 16.5. The molecule has 0 fully saturated rings. The van der Waals surface area contributed by atoms with Crippen molar-refractivity contribution in [3.8, 4) is 6.07 Å². The molecule has 0 saturated heterocycles. The SMILES string of the molecule is Cc1c(C#N)c(NC(=O)CCSc2nnc(N)s2)n(Cc2ccco2)c1C. The van der Waals surface area contributed by atoms with Crippen LogP contribution in [0.1, 0.15) is 29.0 Å². The van der Waals surface area contributed by atoms with E-state index in [0.717, 1.165) is 21.4 Å². The molecule has 3 aromatic heterocycles. The quantitative estimate of drug-likeness (QED) is 0.582. The smallest absolute Gasteiger partial charge is 0.226 e. The number of furan rings is 1. The minimum atomic E-state index is -0.172. The predicted octanol–water partition coefficient (Wildman–Crippen LogP) is 3.17. The molecule has 0 aliphatic carbocycles. The highest BCUT2D eigenvalue weighted by atomic mass is 32.2. The Morgan fingerprint density at radius 1 is 1.48 bits per heavy atom. The van der Waals surface area contributed by atoms with Gasteiger partial charge in [0, 0.05) is 17.9 Å². The topological polar surface area (TPSA) is 123 Å². The van der Waals surface area contributed by atoms with Crippen molar-refractivity contribution in [3.63, 3.8) is 0 Å². The van der Waals surface area contributed by atoms with Crippen molar-refractivity contribution in [3.05, 3.63) is 41.0 Å². The Kier molecular flexibility index (Phi) is 5.83. The average Bonchev–Trinajstić information content (AvgIpc) is 3.34. The number of aromatic nitrogens is 3. The summed E-state index contributed by atoms with van der Waals surface area (Å²) in [6.45, 7) is 4.23. The number of nitrogens with two attached hydrogens (primary N) is 1. The standard InChI is InChI=1S/C17H18N6O2S2/c1-10-11(2)23(9-12-4-3-6-25-12)15(13(10)8-18)20-14(24)5-7-26-17-22-21-16(19)27-17/h3-4,6H,5,7,9H2,1-2H3,(H2,19,21)(H,20,24). The first-order valence-electron chi connectivity index (χ1n) is 8.13. The van der Waals surface area contributed by atoms with Crippen LogP contribution in [0.5, 0.6) is 0 Å². The molecule has 0 atom stereocenters. The average molecular weight is 403 g/mol. The number of hydrogen-bond donors (Lipinski definition) is 2. The third-order valence-electron chi connectivity index (χ3n) is 4.07. The highest BCUT2D eigenvalue weighted by Gasteiger charge is 2.20. The van der Waals surface area contributed by atoms with E-state index in [1.165, 1.54) is 23.1 Å². The number of carbonyl (C=O) groups is 1. The van der Waals surface area contributed by atoms with E-state index in [1.54, 1.807) is 6.26 Å². The fourth-order valence-electron chi connectivity index (χ4n) is 2.59. The molecule has 3 aromatic rings. The molecule has 3 rings (SSSR count). The van der Waals surface area contributed by atoms with Crippen molar-refractivity contribution < 1.29 is 9.21 Å². The molecule has 0 aromatic carbocycles.